The van der Waals surface area contributed by atoms with E-state index in [0.717, 1.165) is 36.6 Å². The van der Waals surface area contributed by atoms with E-state index < -0.39 is 0 Å². The Bertz CT molecular complexity index is 701. The highest BCUT2D eigenvalue weighted by Gasteiger charge is 2.25. The van der Waals surface area contributed by atoms with Crippen molar-refractivity contribution in [2.45, 2.75) is 39.7 Å². The van der Waals surface area contributed by atoms with E-state index in [1.165, 1.54) is 15.8 Å². The molecule has 0 aliphatic carbocycles. The summed E-state index contributed by atoms with van der Waals surface area (Å²) in [6.45, 7) is 7.85. The molecule has 1 aromatic heterocycles. The molecule has 0 N–H and O–H groups in total. The highest BCUT2D eigenvalue weighted by Crippen LogP contribution is 2.33. The molecule has 1 saturated heterocycles. The predicted octanol–water partition coefficient (Wildman–Crippen LogP) is 3.36. The van der Waals surface area contributed by atoms with Crippen LogP contribution >= 0.6 is 11.3 Å². The molecule has 3 rings (SSSR count). The van der Waals surface area contributed by atoms with E-state index in [1.54, 1.807) is 18.3 Å². The van der Waals surface area contributed by atoms with Crippen LogP contribution in [0.25, 0.3) is 10.2 Å². The Balaban J connectivity index is 1.76. The number of piperidine rings is 1. The van der Waals surface area contributed by atoms with Crippen LogP contribution in [0, 0.1) is 13.8 Å². The quantitative estimate of drug-likeness (QED) is 0.852. The first-order chi connectivity index (χ1) is 10.5. The number of hydrogen-bond acceptors (Lipinski definition) is 4. The monoisotopic (exact) mass is 317 g/mol. The van der Waals surface area contributed by atoms with Crippen LogP contribution in [-0.2, 0) is 4.79 Å². The third-order valence-corrected chi connectivity index (χ3v) is 5.66. The summed E-state index contributed by atoms with van der Waals surface area (Å²) in [5, 5.41) is 1.12. The fraction of sp³-hybridized carbons (Fsp3) is 0.529. The number of amides is 1. The van der Waals surface area contributed by atoms with Gasteiger partial charge in [-0.3, -0.25) is 4.79 Å². The summed E-state index contributed by atoms with van der Waals surface area (Å²) < 4.78 is 1.27. The van der Waals surface area contributed by atoms with Gasteiger partial charge < -0.3 is 9.80 Å². The van der Waals surface area contributed by atoms with E-state index in [1.807, 2.05) is 11.9 Å². The third kappa shape index (κ3) is 2.82. The largest absolute Gasteiger partial charge is 0.348 e. The fourth-order valence-corrected chi connectivity index (χ4v) is 4.39. The van der Waals surface area contributed by atoms with E-state index in [2.05, 4.69) is 30.9 Å². The summed E-state index contributed by atoms with van der Waals surface area (Å²) in [6, 6.07) is 4.78. The van der Waals surface area contributed by atoms with Gasteiger partial charge in [-0.05, 0) is 43.9 Å². The molecule has 5 heteroatoms. The van der Waals surface area contributed by atoms with Crippen molar-refractivity contribution in [1.82, 2.24) is 9.88 Å². The molecule has 0 radical (unpaired) electrons. The molecule has 0 saturated carbocycles. The Kier molecular flexibility index (Phi) is 4.08. The molecule has 1 fully saturated rings. The van der Waals surface area contributed by atoms with Gasteiger partial charge in [0.15, 0.2) is 5.13 Å². The third-order valence-electron chi connectivity index (χ3n) is 4.60. The van der Waals surface area contributed by atoms with Gasteiger partial charge in [-0.1, -0.05) is 17.4 Å². The van der Waals surface area contributed by atoms with Crippen molar-refractivity contribution < 1.29 is 4.79 Å². The van der Waals surface area contributed by atoms with E-state index in [0.29, 0.717) is 6.04 Å². The lowest BCUT2D eigenvalue weighted by atomic mass is 10.0. The molecule has 1 aliphatic heterocycles. The lowest BCUT2D eigenvalue weighted by Crippen LogP contribution is -2.45. The number of nitrogens with zero attached hydrogens (tertiary/aromatic N) is 3. The molecule has 2 heterocycles. The Hall–Kier alpha value is -1.62. The van der Waals surface area contributed by atoms with E-state index in [4.69, 9.17) is 4.98 Å². The standard InChI is InChI=1S/C17H23N3OS/c1-11-9-12(2)16-15(10-11)22-17(18-16)20-7-5-14(6-8-20)19(4)13(3)21/h9-10,14H,5-8H2,1-4H3. The van der Waals surface area contributed by atoms with Gasteiger partial charge in [-0.2, -0.15) is 0 Å². The van der Waals surface area contributed by atoms with Crippen molar-refractivity contribution in [3.63, 3.8) is 0 Å². The maximum atomic E-state index is 11.5. The minimum absolute atomic E-state index is 0.157. The van der Waals surface area contributed by atoms with Gasteiger partial charge in [0.1, 0.15) is 0 Å². The summed E-state index contributed by atoms with van der Waals surface area (Å²) in [6.07, 6.45) is 2.04. The second-order valence-corrected chi connectivity index (χ2v) is 7.28. The molecule has 1 aliphatic rings. The maximum Gasteiger partial charge on any atom is 0.219 e. The number of carbonyl (C=O) groups is 1. The van der Waals surface area contributed by atoms with Crippen LogP contribution in [0.4, 0.5) is 5.13 Å². The zero-order valence-electron chi connectivity index (χ0n) is 13.7. The molecule has 2 aromatic rings. The number of aryl methyl sites for hydroxylation is 2. The number of aromatic nitrogens is 1. The van der Waals surface area contributed by atoms with E-state index in [9.17, 15) is 4.79 Å². The van der Waals surface area contributed by atoms with Crippen molar-refractivity contribution in [3.8, 4) is 0 Å². The van der Waals surface area contributed by atoms with Crippen LogP contribution in [-0.4, -0.2) is 42.0 Å². The molecule has 0 atom stereocenters. The number of fused-ring (bicyclic) bond motifs is 1. The Morgan fingerprint density at radius 2 is 2.00 bits per heavy atom. The molecule has 22 heavy (non-hydrogen) atoms. The van der Waals surface area contributed by atoms with Crippen LogP contribution in [0.1, 0.15) is 30.9 Å². The lowest BCUT2D eigenvalue weighted by molar-refractivity contribution is -0.129. The van der Waals surface area contributed by atoms with Crippen molar-refractivity contribution >= 4 is 32.6 Å². The van der Waals surface area contributed by atoms with Crippen molar-refractivity contribution in [1.29, 1.82) is 0 Å². The Morgan fingerprint density at radius 3 is 2.64 bits per heavy atom. The van der Waals surface area contributed by atoms with Gasteiger partial charge in [-0.15, -0.1) is 0 Å². The molecule has 1 amide bonds. The van der Waals surface area contributed by atoms with Crippen molar-refractivity contribution in [2.24, 2.45) is 0 Å². The zero-order valence-corrected chi connectivity index (χ0v) is 14.5. The van der Waals surface area contributed by atoms with Crippen molar-refractivity contribution in [2.75, 3.05) is 25.0 Å². The average Bonchev–Trinajstić information content (AvgIpc) is 2.90. The van der Waals surface area contributed by atoms with Gasteiger partial charge in [0.25, 0.3) is 0 Å². The normalized spacial score (nSPS) is 16.3. The second kappa shape index (κ2) is 5.88. The fourth-order valence-electron chi connectivity index (χ4n) is 3.20. The predicted molar refractivity (Wildman–Crippen MR) is 92.8 cm³/mol. The average molecular weight is 317 g/mol. The molecule has 0 unspecified atom stereocenters. The van der Waals surface area contributed by atoms with Gasteiger partial charge in [-0.25, -0.2) is 4.98 Å². The molecule has 0 spiro atoms. The molecular formula is C17H23N3OS. The van der Waals surface area contributed by atoms with Gasteiger partial charge >= 0.3 is 0 Å². The van der Waals surface area contributed by atoms with Crippen LogP contribution in [0.2, 0.25) is 0 Å². The maximum absolute atomic E-state index is 11.5. The minimum Gasteiger partial charge on any atom is -0.348 e. The number of anilines is 1. The van der Waals surface area contributed by atoms with Gasteiger partial charge in [0.05, 0.1) is 10.2 Å². The SMILES string of the molecule is CC(=O)N(C)C1CCN(c2nc3c(C)cc(C)cc3s2)CC1. The summed E-state index contributed by atoms with van der Waals surface area (Å²) in [7, 11) is 1.91. The first-order valence-electron chi connectivity index (χ1n) is 7.82. The molecule has 118 valence electrons. The summed E-state index contributed by atoms with van der Waals surface area (Å²) in [4.78, 5) is 20.6. The summed E-state index contributed by atoms with van der Waals surface area (Å²) in [5.74, 6) is 0.157. The first kappa shape index (κ1) is 15.3. The smallest absolute Gasteiger partial charge is 0.219 e. The number of hydrogen-bond donors (Lipinski definition) is 0. The van der Waals surface area contributed by atoms with Gasteiger partial charge in [0.2, 0.25) is 5.91 Å². The second-order valence-electron chi connectivity index (χ2n) is 6.27. The first-order valence-corrected chi connectivity index (χ1v) is 8.63. The van der Waals surface area contributed by atoms with Crippen LogP contribution in [0.15, 0.2) is 12.1 Å². The highest BCUT2D eigenvalue weighted by atomic mass is 32.1. The Morgan fingerprint density at radius 1 is 1.32 bits per heavy atom. The van der Waals surface area contributed by atoms with Crippen LogP contribution < -0.4 is 4.90 Å². The molecule has 4 nitrogen and oxygen atoms in total. The highest BCUT2D eigenvalue weighted by molar-refractivity contribution is 7.22. The van der Waals surface area contributed by atoms with Gasteiger partial charge in [0, 0.05) is 33.1 Å². The number of carbonyl (C=O) groups excluding carboxylic acids is 1. The topological polar surface area (TPSA) is 36.4 Å². The number of thiazole rings is 1. The molecular weight excluding hydrogens is 294 g/mol. The zero-order chi connectivity index (χ0) is 15.9. The summed E-state index contributed by atoms with van der Waals surface area (Å²) >= 11 is 1.78. The Labute approximate surface area is 135 Å². The van der Waals surface area contributed by atoms with E-state index >= 15 is 0 Å². The number of benzene rings is 1. The van der Waals surface area contributed by atoms with E-state index in [-0.39, 0.29) is 5.91 Å². The molecule has 1 aromatic carbocycles. The van der Waals surface area contributed by atoms with Crippen molar-refractivity contribution in [3.05, 3.63) is 23.3 Å². The van der Waals surface area contributed by atoms with Crippen LogP contribution in [0.3, 0.4) is 0 Å². The molecule has 0 bridgehead atoms. The van der Waals surface area contributed by atoms with Crippen LogP contribution in [0.5, 0.6) is 0 Å². The summed E-state index contributed by atoms with van der Waals surface area (Å²) in [5.41, 5.74) is 3.68. The lowest BCUT2D eigenvalue weighted by Gasteiger charge is -2.36. The number of rotatable bonds is 2. The minimum atomic E-state index is 0.157.